The molecular weight excluding hydrogens is 377 g/mol. The molecule has 0 unspecified atom stereocenters. The predicted molar refractivity (Wildman–Crippen MR) is 98.3 cm³/mol. The van der Waals surface area contributed by atoms with Gasteiger partial charge in [-0.05, 0) is 25.1 Å². The first-order valence-corrected chi connectivity index (χ1v) is 8.44. The fourth-order valence-electron chi connectivity index (χ4n) is 2.39. The van der Waals surface area contributed by atoms with Gasteiger partial charge in [0, 0.05) is 19.2 Å². The number of carbonyl (C=O) groups is 1. The average Bonchev–Trinajstić information content (AvgIpc) is 3.34. The number of amidine groups is 1. The zero-order valence-electron chi connectivity index (χ0n) is 14.9. The summed E-state index contributed by atoms with van der Waals surface area (Å²) in [6.07, 6.45) is 1.04. The number of nitrogens with zero attached hydrogens (tertiary/aromatic N) is 4. The van der Waals surface area contributed by atoms with Crippen LogP contribution in [0.15, 0.2) is 29.5 Å². The van der Waals surface area contributed by atoms with E-state index in [1.807, 2.05) is 0 Å². The fourth-order valence-corrected chi connectivity index (χ4v) is 2.39. The van der Waals surface area contributed by atoms with E-state index in [0.29, 0.717) is 5.82 Å². The third kappa shape index (κ3) is 4.69. The Morgan fingerprint density at radius 1 is 1.46 bits per heavy atom. The number of carbonyl (C=O) groups excluding carboxylic acids is 1. The molecule has 2 aromatic heterocycles. The quantitative estimate of drug-likeness (QED) is 0.434. The van der Waals surface area contributed by atoms with Gasteiger partial charge in [-0.15, -0.1) is 0 Å². The van der Waals surface area contributed by atoms with Crippen LogP contribution in [0.3, 0.4) is 0 Å². The molecule has 0 bridgehead atoms. The van der Waals surface area contributed by atoms with Crippen molar-refractivity contribution in [1.82, 2.24) is 19.9 Å². The molecule has 1 aliphatic carbocycles. The molecule has 9 nitrogen and oxygen atoms in total. The molecule has 1 saturated carbocycles. The van der Waals surface area contributed by atoms with Crippen molar-refractivity contribution in [3.63, 3.8) is 0 Å². The largest absolute Gasteiger partial charge is 0.408 e. The highest BCUT2D eigenvalue weighted by molar-refractivity contribution is 6.04. The number of nitrogens with two attached hydrogens (primary N) is 1. The lowest BCUT2D eigenvalue weighted by Crippen LogP contribution is -2.25. The number of fused-ring (bicyclic) bond motifs is 1. The van der Waals surface area contributed by atoms with Crippen LogP contribution in [0.5, 0.6) is 0 Å². The number of aromatic nitrogens is 3. The number of anilines is 2. The van der Waals surface area contributed by atoms with E-state index >= 15 is 0 Å². The Morgan fingerprint density at radius 3 is 2.82 bits per heavy atom. The highest BCUT2D eigenvalue weighted by Crippen LogP contribution is 2.22. The molecule has 1 amide bonds. The van der Waals surface area contributed by atoms with E-state index in [9.17, 15) is 18.0 Å². The van der Waals surface area contributed by atoms with Gasteiger partial charge in [-0.2, -0.15) is 22.8 Å². The van der Waals surface area contributed by atoms with Crippen molar-refractivity contribution >= 4 is 29.0 Å². The summed E-state index contributed by atoms with van der Waals surface area (Å²) in [5, 5.41) is 12.6. The van der Waals surface area contributed by atoms with Gasteiger partial charge in [-0.1, -0.05) is 0 Å². The number of rotatable bonds is 6. The molecule has 2 heterocycles. The van der Waals surface area contributed by atoms with Crippen LogP contribution in [0.2, 0.25) is 0 Å². The van der Waals surface area contributed by atoms with E-state index in [-0.39, 0.29) is 34.8 Å². The lowest BCUT2D eigenvalue weighted by Gasteiger charge is -2.11. The first kappa shape index (κ1) is 19.5. The highest BCUT2D eigenvalue weighted by Gasteiger charge is 2.27. The van der Waals surface area contributed by atoms with Crippen LogP contribution in [0, 0.1) is 0 Å². The number of amides is 1. The summed E-state index contributed by atoms with van der Waals surface area (Å²) < 4.78 is 38.8. The topological polar surface area (TPSA) is 122 Å². The van der Waals surface area contributed by atoms with E-state index < -0.39 is 12.7 Å². The molecule has 28 heavy (non-hydrogen) atoms. The van der Waals surface area contributed by atoms with Gasteiger partial charge in [-0.25, -0.2) is 4.98 Å². The van der Waals surface area contributed by atoms with Crippen LogP contribution in [0.25, 0.3) is 5.65 Å². The Labute approximate surface area is 157 Å². The third-order valence-corrected chi connectivity index (χ3v) is 3.82. The molecular formula is C16H19F3N8O. The zero-order valence-corrected chi connectivity index (χ0v) is 14.9. The van der Waals surface area contributed by atoms with Crippen molar-refractivity contribution in [3.05, 3.63) is 30.1 Å². The van der Waals surface area contributed by atoms with Gasteiger partial charge in [0.25, 0.3) is 5.91 Å². The van der Waals surface area contributed by atoms with E-state index in [1.54, 1.807) is 7.05 Å². The Kier molecular flexibility index (Phi) is 5.38. The lowest BCUT2D eigenvalue weighted by atomic mass is 10.3. The maximum atomic E-state index is 12.5. The summed E-state index contributed by atoms with van der Waals surface area (Å²) in [4.78, 5) is 20.2. The monoisotopic (exact) mass is 396 g/mol. The minimum absolute atomic E-state index is 0.123. The predicted octanol–water partition coefficient (Wildman–Crippen LogP) is 1.51. The molecule has 0 aromatic carbocycles. The lowest BCUT2D eigenvalue weighted by molar-refractivity contribution is -0.118. The van der Waals surface area contributed by atoms with Crippen LogP contribution < -0.4 is 21.7 Å². The second kappa shape index (κ2) is 7.74. The normalized spacial score (nSPS) is 15.2. The van der Waals surface area contributed by atoms with Crippen molar-refractivity contribution < 1.29 is 18.0 Å². The Hall–Kier alpha value is -3.31. The van der Waals surface area contributed by atoms with Crippen molar-refractivity contribution in [2.45, 2.75) is 25.1 Å². The Balaban J connectivity index is 1.94. The molecule has 150 valence electrons. The Morgan fingerprint density at radius 2 is 2.21 bits per heavy atom. The van der Waals surface area contributed by atoms with Gasteiger partial charge < -0.3 is 21.7 Å². The van der Waals surface area contributed by atoms with Crippen molar-refractivity contribution in [3.8, 4) is 0 Å². The number of hydrogen-bond donors (Lipinski definition) is 4. The van der Waals surface area contributed by atoms with E-state index in [1.165, 1.54) is 22.9 Å². The molecule has 0 spiro atoms. The summed E-state index contributed by atoms with van der Waals surface area (Å²) >= 11 is 0. The molecule has 1 aliphatic rings. The third-order valence-electron chi connectivity index (χ3n) is 3.82. The van der Waals surface area contributed by atoms with Gasteiger partial charge in [0.15, 0.2) is 5.65 Å². The molecule has 1 fully saturated rings. The maximum Gasteiger partial charge on any atom is 0.408 e. The maximum absolute atomic E-state index is 12.5. The molecule has 2 aromatic rings. The summed E-state index contributed by atoms with van der Waals surface area (Å²) in [6, 6.07) is 1.68. The van der Waals surface area contributed by atoms with Crippen LogP contribution in [-0.2, 0) is 0 Å². The molecule has 0 radical (unpaired) electrons. The van der Waals surface area contributed by atoms with Gasteiger partial charge in [0.05, 0.1) is 6.20 Å². The van der Waals surface area contributed by atoms with Crippen LogP contribution >= 0.6 is 0 Å². The molecule has 0 atom stereocenters. The van der Waals surface area contributed by atoms with Crippen molar-refractivity contribution in [2.24, 2.45) is 10.7 Å². The zero-order chi connectivity index (χ0) is 20.3. The van der Waals surface area contributed by atoms with Gasteiger partial charge in [0.1, 0.15) is 29.6 Å². The summed E-state index contributed by atoms with van der Waals surface area (Å²) in [5.74, 6) is 0.223. The number of hydrogen-bond acceptors (Lipinski definition) is 6. The van der Waals surface area contributed by atoms with Crippen molar-refractivity contribution in [1.29, 1.82) is 0 Å². The molecule has 12 heteroatoms. The first-order chi connectivity index (χ1) is 13.3. The van der Waals surface area contributed by atoms with Crippen LogP contribution in [-0.4, -0.2) is 52.2 Å². The van der Waals surface area contributed by atoms with Gasteiger partial charge in [0.2, 0.25) is 0 Å². The van der Waals surface area contributed by atoms with Gasteiger partial charge in [-0.3, -0.25) is 9.79 Å². The first-order valence-electron chi connectivity index (χ1n) is 8.44. The standard InChI is InChI=1S/C16H19F3N8O/c1-21-13-6-12(25-11(4-5-20)22-8-16(17,18)19)26-14-10(7-23-27(13)14)15(28)24-9-2-3-9/h4-7,9,21H,2-3,8,20H2,1H3,(H,24,28)(H,22,25,26). The van der Waals surface area contributed by atoms with Gasteiger partial charge >= 0.3 is 6.18 Å². The smallest absolute Gasteiger partial charge is 0.404 e. The second-order valence-electron chi connectivity index (χ2n) is 6.12. The molecule has 5 N–H and O–H groups in total. The fraction of sp³-hybridized carbons (Fsp3) is 0.375. The SMILES string of the molecule is CNc1cc(NC(C=CN)=NCC(F)(F)F)nc2c(C(=O)NC3CC3)cnn12. The van der Waals surface area contributed by atoms with Crippen molar-refractivity contribution in [2.75, 3.05) is 24.2 Å². The van der Waals surface area contributed by atoms with E-state index in [0.717, 1.165) is 19.0 Å². The number of alkyl halides is 3. The molecule has 0 saturated heterocycles. The Bertz CT molecular complexity index is 930. The number of aliphatic imine (C=N–C) groups is 1. The second-order valence-corrected chi connectivity index (χ2v) is 6.12. The number of halogens is 3. The summed E-state index contributed by atoms with van der Waals surface area (Å²) in [6.45, 7) is -1.37. The summed E-state index contributed by atoms with van der Waals surface area (Å²) in [5.41, 5.74) is 5.80. The molecule has 0 aliphatic heterocycles. The van der Waals surface area contributed by atoms with E-state index in [2.05, 4.69) is 31.0 Å². The van der Waals surface area contributed by atoms with E-state index in [4.69, 9.17) is 5.73 Å². The molecule has 3 rings (SSSR count). The average molecular weight is 396 g/mol. The minimum Gasteiger partial charge on any atom is -0.404 e. The highest BCUT2D eigenvalue weighted by atomic mass is 19.4. The summed E-state index contributed by atoms with van der Waals surface area (Å²) in [7, 11) is 1.64. The van der Waals surface area contributed by atoms with Crippen LogP contribution in [0.1, 0.15) is 23.2 Å². The van der Waals surface area contributed by atoms with Crippen LogP contribution in [0.4, 0.5) is 24.8 Å². The minimum atomic E-state index is -4.46. The number of nitrogens with one attached hydrogen (secondary N) is 3.